The Morgan fingerprint density at radius 2 is 1.22 bits per heavy atom. The van der Waals surface area contributed by atoms with Gasteiger partial charge in [0.1, 0.15) is 9.71 Å². The topological polar surface area (TPSA) is 0 Å². The van der Waals surface area contributed by atoms with Crippen molar-refractivity contribution in [2.24, 2.45) is 0 Å². The van der Waals surface area contributed by atoms with Crippen molar-refractivity contribution >= 4 is 151 Å². The van der Waals surface area contributed by atoms with Crippen LogP contribution >= 0.6 is 151 Å². The van der Waals surface area contributed by atoms with Gasteiger partial charge >= 0.3 is 0 Å². The lowest BCUT2D eigenvalue weighted by molar-refractivity contribution is 0.540. The van der Waals surface area contributed by atoms with Gasteiger partial charge in [0.15, 0.2) is 8.67 Å². The van der Waals surface area contributed by atoms with E-state index in [4.69, 9.17) is 151 Å². The molecule has 0 aliphatic rings. The zero-order valence-corrected chi connectivity index (χ0v) is 20.3. The average Bonchev–Trinajstić information content (AvgIpc) is 2.35. The Bertz CT molecular complexity index is 409. The fraction of sp³-hybridized carbons (Fsp3) is 0.800. The normalized spacial score (nSPS) is 19.0. The van der Waals surface area contributed by atoms with E-state index in [-0.39, 0.29) is 6.42 Å². The Hall–Kier alpha value is 3.51. The van der Waals surface area contributed by atoms with Gasteiger partial charge in [0.2, 0.25) is 3.79 Å². The molecule has 0 saturated carbocycles. The van der Waals surface area contributed by atoms with Crippen molar-refractivity contribution < 1.29 is 0 Å². The molecule has 0 rings (SSSR count). The molecule has 0 nitrogen and oxygen atoms in total. The lowest BCUT2D eigenvalue weighted by Gasteiger charge is -2.43. The van der Waals surface area contributed by atoms with E-state index in [1.54, 1.807) is 0 Å². The SMILES string of the molecule is ClC=CC(Cl)C(Cl)CC(Cl)(Cl)C(Cl)C(Cl)(Cl)C(Cl)(Cl)C(Cl)(Cl)Cl. The third-order valence-electron chi connectivity index (χ3n) is 2.53. The van der Waals surface area contributed by atoms with Crippen LogP contribution in [0.1, 0.15) is 6.42 Å². The Kier molecular flexibility index (Phi) is 11.3. The molecule has 0 bridgehead atoms. The summed E-state index contributed by atoms with van der Waals surface area (Å²) in [5, 5.41) is -2.97. The van der Waals surface area contributed by atoms with Crippen LogP contribution in [-0.4, -0.2) is 32.9 Å². The van der Waals surface area contributed by atoms with Crippen molar-refractivity contribution in [3.05, 3.63) is 11.6 Å². The maximum Gasteiger partial charge on any atom is 0.226 e. The van der Waals surface area contributed by atoms with Crippen molar-refractivity contribution in [3.63, 3.8) is 0 Å². The van der Waals surface area contributed by atoms with Gasteiger partial charge in [-0.25, -0.2) is 0 Å². The highest BCUT2D eigenvalue weighted by Crippen LogP contribution is 2.61. The maximum absolute atomic E-state index is 6.18. The van der Waals surface area contributed by atoms with Gasteiger partial charge in [-0.1, -0.05) is 122 Å². The number of halogens is 13. The molecule has 0 spiro atoms. The molecule has 0 aromatic heterocycles. The molecule has 0 aromatic carbocycles. The molecular formula is C10H7Cl13. The Morgan fingerprint density at radius 3 is 1.57 bits per heavy atom. The molecule has 0 saturated heterocycles. The number of allylic oxidation sites excluding steroid dienone is 1. The predicted molar refractivity (Wildman–Crippen MR) is 112 cm³/mol. The third kappa shape index (κ3) is 6.81. The molecule has 0 aliphatic heterocycles. The van der Waals surface area contributed by atoms with Crippen molar-refractivity contribution in [1.82, 2.24) is 0 Å². The fourth-order valence-electron chi connectivity index (χ4n) is 1.28. The van der Waals surface area contributed by atoms with Crippen LogP contribution in [0.3, 0.4) is 0 Å². The Labute approximate surface area is 199 Å². The van der Waals surface area contributed by atoms with E-state index in [9.17, 15) is 0 Å². The van der Waals surface area contributed by atoms with Gasteiger partial charge in [-0.3, -0.25) is 0 Å². The first-order chi connectivity index (χ1) is 10.0. The van der Waals surface area contributed by atoms with Crippen LogP contribution in [0.5, 0.6) is 0 Å². The summed E-state index contributed by atoms with van der Waals surface area (Å²) in [5.41, 5.74) is 1.19. The molecular weight excluding hydrogens is 581 g/mol. The zero-order chi connectivity index (χ0) is 18.9. The molecule has 13 heteroatoms. The third-order valence-corrected chi connectivity index (χ3v) is 9.56. The minimum absolute atomic E-state index is 0.161. The van der Waals surface area contributed by atoms with Gasteiger partial charge in [-0.2, -0.15) is 0 Å². The molecule has 0 aromatic rings. The van der Waals surface area contributed by atoms with Crippen molar-refractivity contribution in [3.8, 4) is 0 Å². The van der Waals surface area contributed by atoms with E-state index in [0.29, 0.717) is 0 Å². The number of rotatable bonds is 7. The Balaban J connectivity index is 5.43. The number of hydrogen-bond donors (Lipinski definition) is 0. The van der Waals surface area contributed by atoms with Crippen LogP contribution in [0, 0.1) is 0 Å². The van der Waals surface area contributed by atoms with Gasteiger partial charge < -0.3 is 0 Å². The smallest absolute Gasteiger partial charge is 0.121 e. The molecule has 0 heterocycles. The summed E-state index contributed by atoms with van der Waals surface area (Å²) in [5.74, 6) is 0. The molecule has 0 fully saturated rings. The van der Waals surface area contributed by atoms with Gasteiger partial charge in [0, 0.05) is 5.54 Å². The van der Waals surface area contributed by atoms with Gasteiger partial charge in [0.25, 0.3) is 0 Å². The summed E-state index contributed by atoms with van der Waals surface area (Å²) in [6.45, 7) is 0. The van der Waals surface area contributed by atoms with Crippen LogP contribution in [-0.2, 0) is 0 Å². The van der Waals surface area contributed by atoms with E-state index < -0.39 is 32.9 Å². The minimum atomic E-state index is -2.35. The summed E-state index contributed by atoms with van der Waals surface area (Å²) in [6.07, 6.45) is 1.25. The van der Waals surface area contributed by atoms with Crippen LogP contribution < -0.4 is 0 Å². The standard InChI is InChI=1S/C10H7Cl13/c11-2-1-4(12)5(13)3-7(15,16)6(14)8(17,18)9(19,20)10(21,22)23/h1-2,4-6H,3H2. The summed E-state index contributed by atoms with van der Waals surface area (Å²) >= 11 is 77.2. The van der Waals surface area contributed by atoms with Crippen molar-refractivity contribution in [2.45, 2.75) is 39.3 Å². The van der Waals surface area contributed by atoms with Crippen molar-refractivity contribution in [2.75, 3.05) is 0 Å². The Morgan fingerprint density at radius 1 is 0.783 bits per heavy atom. The first-order valence-corrected chi connectivity index (χ1v) is 10.6. The predicted octanol–water partition coefficient (Wildman–Crippen LogP) is 8.84. The number of alkyl halides is 12. The quantitative estimate of drug-likeness (QED) is 0.261. The second kappa shape index (κ2) is 9.82. The highest BCUT2D eigenvalue weighted by atomic mass is 35.6. The van der Waals surface area contributed by atoms with Crippen LogP contribution in [0.15, 0.2) is 11.6 Å². The average molecular weight is 588 g/mol. The van der Waals surface area contributed by atoms with Crippen LogP contribution in [0.4, 0.5) is 0 Å². The molecule has 3 atom stereocenters. The largest absolute Gasteiger partial charge is 0.226 e. The zero-order valence-electron chi connectivity index (χ0n) is 10.5. The monoisotopic (exact) mass is 582 g/mol. The lowest BCUT2D eigenvalue weighted by atomic mass is 10.1. The van der Waals surface area contributed by atoms with Crippen LogP contribution in [0.2, 0.25) is 0 Å². The minimum Gasteiger partial charge on any atom is -0.121 e. The van der Waals surface area contributed by atoms with E-state index in [1.807, 2.05) is 0 Å². The molecule has 23 heavy (non-hydrogen) atoms. The van der Waals surface area contributed by atoms with E-state index in [2.05, 4.69) is 0 Å². The first-order valence-electron chi connectivity index (χ1n) is 5.41. The molecule has 138 valence electrons. The molecule has 0 radical (unpaired) electrons. The second-order valence-corrected chi connectivity index (χ2v) is 12.6. The molecule has 0 aliphatic carbocycles. The molecule has 0 amide bonds. The summed E-state index contributed by atoms with van der Waals surface area (Å²) in [6, 6.07) is 0. The molecule has 0 N–H and O–H groups in total. The number of hydrogen-bond acceptors (Lipinski definition) is 0. The van der Waals surface area contributed by atoms with E-state index in [1.165, 1.54) is 11.6 Å². The van der Waals surface area contributed by atoms with E-state index >= 15 is 0 Å². The van der Waals surface area contributed by atoms with Crippen LogP contribution in [0.25, 0.3) is 0 Å². The van der Waals surface area contributed by atoms with Gasteiger partial charge in [0.05, 0.1) is 10.8 Å². The summed E-state index contributed by atoms with van der Waals surface area (Å²) in [4.78, 5) is 0. The molecule has 3 unspecified atom stereocenters. The first kappa shape index (κ1) is 26.5. The van der Waals surface area contributed by atoms with Gasteiger partial charge in [-0.05, 0) is 6.42 Å². The second-order valence-electron chi connectivity index (χ2n) is 4.30. The lowest BCUT2D eigenvalue weighted by Crippen LogP contribution is -2.56. The van der Waals surface area contributed by atoms with Crippen molar-refractivity contribution in [1.29, 1.82) is 0 Å². The van der Waals surface area contributed by atoms with E-state index in [0.717, 1.165) is 0 Å². The summed E-state index contributed by atoms with van der Waals surface area (Å²) < 4.78 is -8.75. The summed E-state index contributed by atoms with van der Waals surface area (Å²) in [7, 11) is 0. The highest BCUT2D eigenvalue weighted by Gasteiger charge is 2.66. The maximum atomic E-state index is 6.18. The highest BCUT2D eigenvalue weighted by molar-refractivity contribution is 6.79. The van der Waals surface area contributed by atoms with Gasteiger partial charge in [-0.15, -0.1) is 34.8 Å². The fourth-order valence-corrected chi connectivity index (χ4v) is 5.02.